The van der Waals surface area contributed by atoms with Crippen molar-refractivity contribution in [1.29, 1.82) is 0 Å². The summed E-state index contributed by atoms with van der Waals surface area (Å²) in [5.41, 5.74) is 0. The van der Waals surface area contributed by atoms with Gasteiger partial charge in [-0.15, -0.1) is 4.98 Å². The number of nitrogens with zero attached hydrogens (tertiary/aromatic N) is 4. The average molecular weight is 427 g/mol. The van der Waals surface area contributed by atoms with Gasteiger partial charge >= 0.3 is 7.12 Å². The maximum absolute atomic E-state index is 13.0. The van der Waals surface area contributed by atoms with Crippen molar-refractivity contribution in [1.82, 2.24) is 15.3 Å². The molecule has 3 rings (SSSR count). The van der Waals surface area contributed by atoms with Gasteiger partial charge in [-0.05, 0) is 31.1 Å². The van der Waals surface area contributed by atoms with E-state index < -0.39 is 19.0 Å². The number of rotatable bonds is 11. The van der Waals surface area contributed by atoms with Crippen LogP contribution < -0.4 is 10.2 Å². The lowest BCUT2D eigenvalue weighted by atomic mass is 9.74. The predicted octanol–water partition coefficient (Wildman–Crippen LogP) is 1.52. The highest BCUT2D eigenvalue weighted by Gasteiger charge is 2.39. The van der Waals surface area contributed by atoms with E-state index >= 15 is 0 Å². The third kappa shape index (κ3) is 6.25. The second kappa shape index (κ2) is 10.2. The fourth-order valence-corrected chi connectivity index (χ4v) is 4.00. The number of nitrogens with one attached hydrogen (secondary N) is 1. The molecule has 1 aliphatic carbocycles. The Morgan fingerprint density at radius 2 is 2.03 bits per heavy atom. The smallest absolute Gasteiger partial charge is 0.426 e. The summed E-state index contributed by atoms with van der Waals surface area (Å²) in [5.74, 6) is -0.132. The van der Waals surface area contributed by atoms with Crippen LogP contribution in [0.25, 0.3) is 4.85 Å². The summed E-state index contributed by atoms with van der Waals surface area (Å²) < 4.78 is 0. The molecule has 2 heterocycles. The van der Waals surface area contributed by atoms with Crippen molar-refractivity contribution in [3.8, 4) is 0 Å². The van der Waals surface area contributed by atoms with Gasteiger partial charge in [0.1, 0.15) is 0 Å². The molecule has 1 aromatic rings. The Labute approximate surface area is 183 Å². The number of ketones is 1. The van der Waals surface area contributed by atoms with Gasteiger partial charge in [0, 0.05) is 18.9 Å². The first-order valence-corrected chi connectivity index (χ1v) is 10.9. The Hall–Kier alpha value is -2.51. The van der Waals surface area contributed by atoms with Crippen molar-refractivity contribution >= 4 is 30.4 Å². The minimum Gasteiger partial charge on any atom is -0.426 e. The predicted molar refractivity (Wildman–Crippen MR) is 116 cm³/mol. The molecule has 1 saturated carbocycles. The molecule has 1 aromatic heterocycles. The molecular weight excluding hydrogens is 397 g/mol. The highest BCUT2D eigenvalue weighted by Crippen LogP contribution is 2.37. The van der Waals surface area contributed by atoms with Crippen LogP contribution >= 0.6 is 0 Å². The van der Waals surface area contributed by atoms with Gasteiger partial charge in [-0.2, -0.15) is 0 Å². The van der Waals surface area contributed by atoms with Gasteiger partial charge in [0.2, 0.25) is 5.91 Å². The van der Waals surface area contributed by atoms with Gasteiger partial charge in [-0.3, -0.25) is 9.59 Å². The minimum atomic E-state index is -1.64. The fourth-order valence-electron chi connectivity index (χ4n) is 4.00. The summed E-state index contributed by atoms with van der Waals surface area (Å²) in [7, 11) is -1.64. The van der Waals surface area contributed by atoms with Crippen LogP contribution in [0.3, 0.4) is 0 Å². The van der Waals surface area contributed by atoms with Crippen molar-refractivity contribution in [2.45, 2.75) is 64.4 Å². The first kappa shape index (κ1) is 23.2. The van der Waals surface area contributed by atoms with E-state index in [1.54, 1.807) is 0 Å². The van der Waals surface area contributed by atoms with Crippen LogP contribution in [-0.2, 0) is 9.59 Å². The zero-order valence-electron chi connectivity index (χ0n) is 18.1. The summed E-state index contributed by atoms with van der Waals surface area (Å²) in [5, 5.41) is 22.0. The van der Waals surface area contributed by atoms with Crippen molar-refractivity contribution in [3.05, 3.63) is 23.8 Å². The molecule has 9 nitrogen and oxygen atoms in total. The molecule has 0 aromatic carbocycles. The fraction of sp³-hybridized carbons (Fsp3) is 0.667. The molecule has 1 aliphatic heterocycles. The number of hydrogen-bond acceptors (Lipinski definition) is 7. The Balaban J connectivity index is 1.63. The normalized spacial score (nSPS) is 19.9. The summed E-state index contributed by atoms with van der Waals surface area (Å²) in [6.45, 7) is 11.5. The topological polar surface area (TPSA) is 120 Å². The van der Waals surface area contributed by atoms with E-state index in [0.717, 1.165) is 12.8 Å². The number of amides is 1. The number of carbonyl (C=O) groups excluding carboxylic acids is 2. The molecule has 0 bridgehead atoms. The Kier molecular flexibility index (Phi) is 7.62. The van der Waals surface area contributed by atoms with Gasteiger partial charge in [-0.1, -0.05) is 33.3 Å². The van der Waals surface area contributed by atoms with E-state index in [9.17, 15) is 19.6 Å². The van der Waals surface area contributed by atoms with Crippen molar-refractivity contribution in [2.75, 3.05) is 11.4 Å². The maximum atomic E-state index is 13.0. The molecule has 2 aliphatic rings. The number of anilines is 1. The van der Waals surface area contributed by atoms with Gasteiger partial charge in [0.15, 0.2) is 17.8 Å². The quantitative estimate of drug-likeness (QED) is 0.362. The van der Waals surface area contributed by atoms with Crippen LogP contribution in [0.2, 0.25) is 0 Å². The highest BCUT2D eigenvalue weighted by atomic mass is 16.4. The first-order valence-electron chi connectivity index (χ1n) is 10.9. The minimum absolute atomic E-state index is 0.0203. The number of carbonyl (C=O) groups is 2. The number of aromatic nitrogens is 2. The van der Waals surface area contributed by atoms with E-state index in [0.29, 0.717) is 37.5 Å². The van der Waals surface area contributed by atoms with Gasteiger partial charge in [0.25, 0.3) is 5.82 Å². The van der Waals surface area contributed by atoms with Crippen LogP contribution in [-0.4, -0.2) is 57.4 Å². The summed E-state index contributed by atoms with van der Waals surface area (Å²) in [6, 6.07) is -0.350. The summed E-state index contributed by atoms with van der Waals surface area (Å²) in [6.07, 6.45) is 6.91. The lowest BCUT2D eigenvalue weighted by Gasteiger charge is -2.40. The molecule has 0 spiro atoms. The van der Waals surface area contributed by atoms with Crippen molar-refractivity contribution < 1.29 is 19.6 Å². The Bertz CT molecular complexity index is 822. The van der Waals surface area contributed by atoms with Crippen LogP contribution in [0.15, 0.2) is 12.4 Å². The van der Waals surface area contributed by atoms with Gasteiger partial charge < -0.3 is 25.1 Å². The summed E-state index contributed by atoms with van der Waals surface area (Å²) in [4.78, 5) is 39.3. The lowest BCUT2D eigenvalue weighted by Crippen LogP contribution is -2.54. The Morgan fingerprint density at radius 1 is 1.29 bits per heavy atom. The summed E-state index contributed by atoms with van der Waals surface area (Å²) >= 11 is 0. The van der Waals surface area contributed by atoms with E-state index in [2.05, 4.69) is 20.1 Å². The SMILES string of the molecule is [C-]#[N+]c1cnc(N2CC[C@H]2C(=O)C[C@@H](CC2CC2)C(=O)N[C@H](CC(C)C)B(O)O)cn1. The molecule has 1 amide bonds. The molecule has 1 saturated heterocycles. The molecular formula is C21H30BN5O4. The second-order valence-corrected chi connectivity index (χ2v) is 9.05. The van der Waals surface area contributed by atoms with E-state index in [1.807, 2.05) is 18.7 Å². The molecule has 166 valence electrons. The Morgan fingerprint density at radius 3 is 2.52 bits per heavy atom. The average Bonchev–Trinajstić information content (AvgIpc) is 3.50. The maximum Gasteiger partial charge on any atom is 0.475 e. The molecule has 31 heavy (non-hydrogen) atoms. The standard InChI is InChI=1S/C21H30BN5O4/c1-13(2)8-18(22(30)31)26-21(29)15(9-14-4-5-14)10-17(28)16-6-7-27(16)20-12-24-19(23-3)11-25-20/h11-16,18,30-31H,4-10H2,1-2H3,(H,26,29)/t15-,16+,18-/m1/s1. The second-order valence-electron chi connectivity index (χ2n) is 9.05. The lowest BCUT2D eigenvalue weighted by molar-refractivity contribution is -0.131. The largest absolute Gasteiger partial charge is 0.475 e. The van der Waals surface area contributed by atoms with Crippen molar-refractivity contribution in [2.24, 2.45) is 17.8 Å². The zero-order chi connectivity index (χ0) is 22.5. The monoisotopic (exact) mass is 427 g/mol. The number of hydrogen-bond donors (Lipinski definition) is 3. The van der Waals surface area contributed by atoms with Gasteiger partial charge in [0.05, 0.1) is 18.2 Å². The van der Waals surface area contributed by atoms with Crippen LogP contribution in [0.4, 0.5) is 11.6 Å². The molecule has 0 unspecified atom stereocenters. The van der Waals surface area contributed by atoms with E-state index in [4.69, 9.17) is 6.57 Å². The molecule has 3 N–H and O–H groups in total. The molecule has 3 atom stereocenters. The third-order valence-electron chi connectivity index (χ3n) is 5.97. The van der Waals surface area contributed by atoms with Crippen LogP contribution in [0, 0.1) is 24.3 Å². The third-order valence-corrected chi connectivity index (χ3v) is 5.97. The van der Waals surface area contributed by atoms with E-state index in [1.165, 1.54) is 12.4 Å². The molecule has 2 fully saturated rings. The van der Waals surface area contributed by atoms with E-state index in [-0.39, 0.29) is 35.9 Å². The zero-order valence-corrected chi connectivity index (χ0v) is 18.1. The first-order chi connectivity index (χ1) is 14.8. The number of Topliss-reactive ketones (excluding diaryl/α,β-unsaturated/α-hetero) is 1. The van der Waals surface area contributed by atoms with Gasteiger partial charge in [-0.25, -0.2) is 4.98 Å². The molecule has 10 heteroatoms. The van der Waals surface area contributed by atoms with Crippen LogP contribution in [0.1, 0.15) is 52.4 Å². The van der Waals surface area contributed by atoms with Crippen molar-refractivity contribution in [3.63, 3.8) is 0 Å². The molecule has 0 radical (unpaired) electrons. The van der Waals surface area contributed by atoms with Crippen LogP contribution in [0.5, 0.6) is 0 Å². The highest BCUT2D eigenvalue weighted by molar-refractivity contribution is 6.43.